The maximum absolute atomic E-state index is 9.14. The number of aliphatic hydroxyl groups is 1. The van der Waals surface area contributed by atoms with Crippen LogP contribution in [0.1, 0.15) is 96.8 Å². The van der Waals surface area contributed by atoms with Crippen molar-refractivity contribution in [1.29, 1.82) is 0 Å². The Morgan fingerprint density at radius 3 is 1.30 bits per heavy atom. The minimum atomic E-state index is -1.23. The van der Waals surface area contributed by atoms with Crippen LogP contribution in [0.2, 0.25) is 0 Å². The summed E-state index contributed by atoms with van der Waals surface area (Å²) in [5.41, 5.74) is 0. The molecule has 132 valence electrons. The van der Waals surface area contributed by atoms with Crippen LogP contribution in [-0.4, -0.2) is 17.7 Å². The number of aliphatic carboxylic acids is 1. The topological polar surface area (TPSA) is 60.4 Å². The second-order valence-electron chi connectivity index (χ2n) is 5.84. The van der Waals surface area contributed by atoms with E-state index >= 15 is 0 Å². The van der Waals surface area contributed by atoms with Crippen molar-refractivity contribution in [2.24, 2.45) is 0 Å². The van der Waals surface area contributed by atoms with Crippen LogP contribution in [0, 0.1) is 0 Å². The number of carboxylic acid groups (broad SMARTS) is 1. The van der Waals surface area contributed by atoms with E-state index in [1.54, 1.807) is 0 Å². The van der Waals surface area contributed by atoms with Crippen molar-refractivity contribution in [2.45, 2.75) is 96.8 Å². The number of carbonyl (C=O) groups excluding carboxylic acids is 1. The molecule has 3 nitrogen and oxygen atoms in total. The van der Waals surface area contributed by atoms with Gasteiger partial charge in [0.25, 0.3) is 0 Å². The average Bonchev–Trinajstić information content (AvgIpc) is 2.52. The predicted molar refractivity (Wildman–Crippen MR) is 92.6 cm³/mol. The van der Waals surface area contributed by atoms with Crippen LogP contribution < -0.4 is 34.7 Å². The molecule has 4 heteroatoms. The molecule has 0 aliphatic heterocycles. The largest absolute Gasteiger partial charge is 1.00 e. The molecule has 0 fully saturated rings. The summed E-state index contributed by atoms with van der Waals surface area (Å²) in [5.74, 6) is -1.23. The minimum absolute atomic E-state index is 0. The van der Waals surface area contributed by atoms with E-state index in [-0.39, 0.29) is 29.6 Å². The fourth-order valence-corrected chi connectivity index (χ4v) is 2.31. The van der Waals surface area contributed by atoms with Gasteiger partial charge in [-0.1, -0.05) is 97.0 Å². The molecular formula is C19H37NaO3. The van der Waals surface area contributed by atoms with Gasteiger partial charge in [0, 0.05) is 6.61 Å². The molecule has 0 unspecified atom stereocenters. The van der Waals surface area contributed by atoms with Crippen molar-refractivity contribution in [1.82, 2.24) is 0 Å². The number of carbonyl (C=O) groups is 1. The van der Waals surface area contributed by atoms with E-state index < -0.39 is 5.97 Å². The Labute approximate surface area is 166 Å². The zero-order valence-electron chi connectivity index (χ0n) is 15.7. The number of unbranched alkanes of at least 4 members (excludes halogenated alkanes) is 13. The Morgan fingerprint density at radius 1 is 0.826 bits per heavy atom. The van der Waals surface area contributed by atoms with E-state index in [1.165, 1.54) is 83.5 Å². The summed E-state index contributed by atoms with van der Waals surface area (Å²) in [6.07, 6.45) is 19.9. The third-order valence-corrected chi connectivity index (χ3v) is 3.68. The first kappa shape index (κ1) is 28.0. The van der Waals surface area contributed by atoms with Crippen LogP contribution >= 0.6 is 0 Å². The molecule has 0 aromatic heterocycles. The summed E-state index contributed by atoms with van der Waals surface area (Å²) in [6.45, 7) is 5.55. The molecule has 0 aromatic carbocycles. The van der Waals surface area contributed by atoms with Gasteiger partial charge < -0.3 is 15.0 Å². The van der Waals surface area contributed by atoms with Crippen molar-refractivity contribution in [3.63, 3.8) is 0 Å². The third-order valence-electron chi connectivity index (χ3n) is 3.68. The van der Waals surface area contributed by atoms with Gasteiger partial charge in [0.2, 0.25) is 0 Å². The van der Waals surface area contributed by atoms with Gasteiger partial charge in [0.15, 0.2) is 0 Å². The molecule has 0 heterocycles. The maximum Gasteiger partial charge on any atom is 1.00 e. The van der Waals surface area contributed by atoms with Crippen molar-refractivity contribution < 1.29 is 44.6 Å². The van der Waals surface area contributed by atoms with Crippen LogP contribution in [0.4, 0.5) is 0 Å². The predicted octanol–water partition coefficient (Wildman–Crippen LogP) is 1.39. The molecule has 0 saturated heterocycles. The molecule has 0 aromatic rings. The molecule has 0 amide bonds. The monoisotopic (exact) mass is 336 g/mol. The van der Waals surface area contributed by atoms with Crippen LogP contribution in [0.3, 0.4) is 0 Å². The number of aliphatic hydroxyl groups excluding tert-OH is 1. The van der Waals surface area contributed by atoms with Crippen LogP contribution in [0.25, 0.3) is 0 Å². The molecule has 0 radical (unpaired) electrons. The normalized spacial score (nSPS) is 9.48. The average molecular weight is 336 g/mol. The van der Waals surface area contributed by atoms with Gasteiger partial charge in [0.1, 0.15) is 0 Å². The Kier molecular flexibility index (Phi) is 32.9. The SMILES string of the molecule is C=CC(=O)[O-].CCCCCCCCCCCCCCCCO.[Na+]. The molecule has 0 bridgehead atoms. The summed E-state index contributed by atoms with van der Waals surface area (Å²) in [5, 5.41) is 17.8. The fourth-order valence-electron chi connectivity index (χ4n) is 2.31. The molecule has 0 saturated carbocycles. The molecule has 23 heavy (non-hydrogen) atoms. The van der Waals surface area contributed by atoms with Gasteiger partial charge >= 0.3 is 29.6 Å². The van der Waals surface area contributed by atoms with Gasteiger partial charge in [-0.05, 0) is 12.5 Å². The summed E-state index contributed by atoms with van der Waals surface area (Å²) < 4.78 is 0. The smallest absolute Gasteiger partial charge is 0.545 e. The molecule has 1 N–H and O–H groups in total. The number of rotatable bonds is 15. The summed E-state index contributed by atoms with van der Waals surface area (Å²) in [6, 6.07) is 0. The van der Waals surface area contributed by atoms with Crippen molar-refractivity contribution in [3.05, 3.63) is 12.7 Å². The Hall–Kier alpha value is 0.170. The zero-order chi connectivity index (χ0) is 16.9. The molecular weight excluding hydrogens is 299 g/mol. The Balaban J connectivity index is -0.000000578. The van der Waals surface area contributed by atoms with Gasteiger partial charge in [-0.3, -0.25) is 0 Å². The van der Waals surface area contributed by atoms with Crippen molar-refractivity contribution in [3.8, 4) is 0 Å². The van der Waals surface area contributed by atoms with Crippen LogP contribution in [0.15, 0.2) is 12.7 Å². The van der Waals surface area contributed by atoms with E-state index in [9.17, 15) is 0 Å². The van der Waals surface area contributed by atoms with Crippen molar-refractivity contribution in [2.75, 3.05) is 6.61 Å². The number of hydrogen-bond acceptors (Lipinski definition) is 3. The maximum atomic E-state index is 9.14. The second kappa shape index (κ2) is 27.0. The van der Waals surface area contributed by atoms with Gasteiger partial charge in [-0.25, -0.2) is 0 Å². The minimum Gasteiger partial charge on any atom is -0.545 e. The number of carboxylic acids is 1. The third kappa shape index (κ3) is 34.5. The molecule has 0 atom stereocenters. The first-order valence-electron chi connectivity index (χ1n) is 9.13. The number of hydrogen-bond donors (Lipinski definition) is 1. The van der Waals surface area contributed by atoms with E-state index in [2.05, 4.69) is 13.5 Å². The van der Waals surface area contributed by atoms with E-state index in [1.807, 2.05) is 0 Å². The fraction of sp³-hybridized carbons (Fsp3) is 0.842. The quantitative estimate of drug-likeness (QED) is 0.279. The molecule has 0 aliphatic carbocycles. The summed E-state index contributed by atoms with van der Waals surface area (Å²) in [7, 11) is 0. The first-order chi connectivity index (χ1) is 10.7. The molecule has 0 spiro atoms. The van der Waals surface area contributed by atoms with Crippen LogP contribution in [0.5, 0.6) is 0 Å². The zero-order valence-corrected chi connectivity index (χ0v) is 17.7. The molecule has 0 aliphatic rings. The Morgan fingerprint density at radius 2 is 1.09 bits per heavy atom. The van der Waals surface area contributed by atoms with E-state index in [0.717, 1.165) is 12.5 Å². The van der Waals surface area contributed by atoms with Crippen molar-refractivity contribution >= 4 is 5.97 Å². The molecule has 0 rings (SSSR count). The van der Waals surface area contributed by atoms with Gasteiger partial charge in [-0.2, -0.15) is 0 Å². The first-order valence-corrected chi connectivity index (χ1v) is 9.13. The summed E-state index contributed by atoms with van der Waals surface area (Å²) in [4.78, 5) is 9.14. The van der Waals surface area contributed by atoms with E-state index in [0.29, 0.717) is 6.61 Å². The second-order valence-corrected chi connectivity index (χ2v) is 5.84. The van der Waals surface area contributed by atoms with Gasteiger partial charge in [-0.15, -0.1) is 0 Å². The van der Waals surface area contributed by atoms with E-state index in [4.69, 9.17) is 15.0 Å². The summed E-state index contributed by atoms with van der Waals surface area (Å²) >= 11 is 0. The standard InChI is InChI=1S/C16H34O.C3H4O2.Na/c1-2-3-4-5-6-7-8-9-10-11-12-13-14-15-16-17;1-2-3(4)5;/h17H,2-16H2,1H3;2H,1H2,(H,4,5);/q;;+1/p-1. The Bertz CT molecular complexity index is 219. The van der Waals surface area contributed by atoms with Crippen LogP contribution in [-0.2, 0) is 4.79 Å². The van der Waals surface area contributed by atoms with Gasteiger partial charge in [0.05, 0.1) is 5.97 Å².